The molecule has 0 spiro atoms. The average Bonchev–Trinajstić information content (AvgIpc) is 2.31. The van der Waals surface area contributed by atoms with Gasteiger partial charge < -0.3 is 20.5 Å². The van der Waals surface area contributed by atoms with Gasteiger partial charge in [0.05, 0.1) is 13.2 Å². The lowest BCUT2D eigenvalue weighted by molar-refractivity contribution is 0.0336. The van der Waals surface area contributed by atoms with Crippen molar-refractivity contribution >= 4 is 11.4 Å². The number of aliphatic hydroxyl groups excluding tert-OH is 1. The first-order chi connectivity index (χ1) is 8.42. The molecular weight excluding hydrogens is 228 g/mol. The van der Waals surface area contributed by atoms with E-state index >= 15 is 0 Å². The quantitative estimate of drug-likeness (QED) is 0.787. The van der Waals surface area contributed by atoms with Gasteiger partial charge in [-0.15, -0.1) is 0 Å². The Morgan fingerprint density at radius 1 is 1.39 bits per heavy atom. The number of nitrogen functional groups attached to an aromatic ring is 1. The van der Waals surface area contributed by atoms with Gasteiger partial charge in [-0.1, -0.05) is 13.8 Å². The Hall–Kier alpha value is -1.42. The van der Waals surface area contributed by atoms with Crippen LogP contribution in [-0.2, 0) is 0 Å². The molecule has 0 amide bonds. The number of anilines is 2. The van der Waals surface area contributed by atoms with Crippen LogP contribution in [0.15, 0.2) is 18.2 Å². The molecule has 100 valence electrons. The molecule has 0 bridgehead atoms. The summed E-state index contributed by atoms with van der Waals surface area (Å²) >= 11 is 0. The van der Waals surface area contributed by atoms with Crippen LogP contribution in [0, 0.1) is 5.41 Å². The molecule has 1 fully saturated rings. The number of methoxy groups -OCH3 is 1. The number of hydrogen-bond donors (Lipinski definition) is 2. The largest absolute Gasteiger partial charge is 0.497 e. The SMILES string of the molecule is COc1cc(N)cc(N2CCC(O)C(C)(C)C2)c1. The van der Waals surface area contributed by atoms with Crippen molar-refractivity contribution in [2.24, 2.45) is 5.41 Å². The molecule has 0 radical (unpaired) electrons. The predicted octanol–water partition coefficient (Wildman–Crippen LogP) is 1.87. The van der Waals surface area contributed by atoms with Gasteiger partial charge in [0.1, 0.15) is 5.75 Å². The van der Waals surface area contributed by atoms with Gasteiger partial charge >= 0.3 is 0 Å². The van der Waals surface area contributed by atoms with E-state index in [1.807, 2.05) is 18.2 Å². The minimum Gasteiger partial charge on any atom is -0.497 e. The molecule has 1 heterocycles. The minimum atomic E-state index is -0.239. The molecule has 1 atom stereocenters. The van der Waals surface area contributed by atoms with E-state index < -0.39 is 0 Å². The van der Waals surface area contributed by atoms with Gasteiger partial charge in [-0.2, -0.15) is 0 Å². The molecule has 1 aliphatic rings. The van der Waals surface area contributed by atoms with Gasteiger partial charge in [-0.25, -0.2) is 0 Å². The number of benzene rings is 1. The maximum atomic E-state index is 9.98. The molecule has 4 heteroatoms. The second kappa shape index (κ2) is 4.69. The molecule has 18 heavy (non-hydrogen) atoms. The molecule has 0 aliphatic carbocycles. The molecule has 3 N–H and O–H groups in total. The smallest absolute Gasteiger partial charge is 0.122 e. The van der Waals surface area contributed by atoms with E-state index in [9.17, 15) is 5.11 Å². The van der Waals surface area contributed by atoms with E-state index in [0.717, 1.165) is 30.9 Å². The number of ether oxygens (including phenoxy) is 1. The summed E-state index contributed by atoms with van der Waals surface area (Å²) in [7, 11) is 1.64. The van der Waals surface area contributed by atoms with Crippen molar-refractivity contribution < 1.29 is 9.84 Å². The molecule has 1 saturated heterocycles. The van der Waals surface area contributed by atoms with Crippen LogP contribution < -0.4 is 15.4 Å². The third-order valence-corrected chi connectivity index (χ3v) is 3.69. The van der Waals surface area contributed by atoms with Crippen LogP contribution >= 0.6 is 0 Å². The van der Waals surface area contributed by atoms with Crippen molar-refractivity contribution in [1.82, 2.24) is 0 Å². The fraction of sp³-hybridized carbons (Fsp3) is 0.571. The Balaban J connectivity index is 2.24. The van der Waals surface area contributed by atoms with Gasteiger partial charge in [-0.3, -0.25) is 0 Å². The highest BCUT2D eigenvalue weighted by atomic mass is 16.5. The Kier molecular flexibility index (Phi) is 3.39. The Morgan fingerprint density at radius 2 is 2.11 bits per heavy atom. The van der Waals surface area contributed by atoms with E-state index in [0.29, 0.717) is 5.69 Å². The highest BCUT2D eigenvalue weighted by Crippen LogP contribution is 2.34. The molecule has 1 aromatic rings. The third-order valence-electron chi connectivity index (χ3n) is 3.69. The van der Waals surface area contributed by atoms with E-state index in [2.05, 4.69) is 18.7 Å². The normalized spacial score (nSPS) is 22.9. The van der Waals surface area contributed by atoms with Crippen molar-refractivity contribution in [1.29, 1.82) is 0 Å². The summed E-state index contributed by atoms with van der Waals surface area (Å²) < 4.78 is 5.24. The number of nitrogens with two attached hydrogens (primary N) is 1. The fourth-order valence-electron chi connectivity index (χ4n) is 2.47. The van der Waals surface area contributed by atoms with Crippen LogP contribution in [0.4, 0.5) is 11.4 Å². The Morgan fingerprint density at radius 3 is 2.72 bits per heavy atom. The van der Waals surface area contributed by atoms with Crippen LogP contribution in [0.2, 0.25) is 0 Å². The first kappa shape index (κ1) is 13.0. The molecule has 1 aliphatic heterocycles. The zero-order valence-corrected chi connectivity index (χ0v) is 11.3. The molecule has 4 nitrogen and oxygen atoms in total. The van der Waals surface area contributed by atoms with Crippen LogP contribution in [-0.4, -0.2) is 31.4 Å². The lowest BCUT2D eigenvalue weighted by Gasteiger charge is -2.43. The van der Waals surface area contributed by atoms with E-state index in [4.69, 9.17) is 10.5 Å². The fourth-order valence-corrected chi connectivity index (χ4v) is 2.47. The number of hydrogen-bond acceptors (Lipinski definition) is 4. The average molecular weight is 250 g/mol. The third kappa shape index (κ3) is 2.53. The summed E-state index contributed by atoms with van der Waals surface area (Å²) in [6, 6.07) is 5.76. The highest BCUT2D eigenvalue weighted by Gasteiger charge is 2.34. The topological polar surface area (TPSA) is 58.7 Å². The van der Waals surface area contributed by atoms with Crippen molar-refractivity contribution in [3.63, 3.8) is 0 Å². The molecule has 0 aromatic heterocycles. The number of aliphatic hydroxyl groups is 1. The van der Waals surface area contributed by atoms with Gasteiger partial charge in [0.25, 0.3) is 0 Å². The summed E-state index contributed by atoms with van der Waals surface area (Å²) in [6.45, 7) is 5.85. The summed E-state index contributed by atoms with van der Waals surface area (Å²) in [5.74, 6) is 0.772. The summed E-state index contributed by atoms with van der Waals surface area (Å²) in [6.07, 6.45) is 0.543. The van der Waals surface area contributed by atoms with Crippen molar-refractivity contribution in [2.75, 3.05) is 30.8 Å². The van der Waals surface area contributed by atoms with Gasteiger partial charge in [0, 0.05) is 42.0 Å². The Bertz CT molecular complexity index is 432. The molecular formula is C14H22N2O2. The lowest BCUT2D eigenvalue weighted by atomic mass is 9.81. The highest BCUT2D eigenvalue weighted by molar-refractivity contribution is 5.61. The van der Waals surface area contributed by atoms with Crippen LogP contribution in [0.3, 0.4) is 0 Å². The number of rotatable bonds is 2. The van der Waals surface area contributed by atoms with Crippen LogP contribution in [0.25, 0.3) is 0 Å². The second-order valence-corrected chi connectivity index (χ2v) is 5.68. The lowest BCUT2D eigenvalue weighted by Crippen LogP contribution is -2.48. The zero-order valence-electron chi connectivity index (χ0n) is 11.3. The van der Waals surface area contributed by atoms with Gasteiger partial charge in [-0.05, 0) is 12.5 Å². The first-order valence-corrected chi connectivity index (χ1v) is 6.30. The summed E-state index contributed by atoms with van der Waals surface area (Å²) in [5.41, 5.74) is 7.54. The standard InChI is InChI=1S/C14H22N2O2/c1-14(2)9-16(5-4-13(14)17)11-6-10(15)7-12(8-11)18-3/h6-8,13,17H,4-5,9,15H2,1-3H3. The van der Waals surface area contributed by atoms with Crippen LogP contribution in [0.1, 0.15) is 20.3 Å². The van der Waals surface area contributed by atoms with E-state index in [1.165, 1.54) is 0 Å². The number of piperidine rings is 1. The van der Waals surface area contributed by atoms with Crippen molar-refractivity contribution in [3.05, 3.63) is 18.2 Å². The summed E-state index contributed by atoms with van der Waals surface area (Å²) in [4.78, 5) is 2.26. The number of nitrogens with zero attached hydrogens (tertiary/aromatic N) is 1. The Labute approximate surface area is 108 Å². The molecule has 1 aromatic carbocycles. The first-order valence-electron chi connectivity index (χ1n) is 6.30. The molecule has 1 unspecified atom stereocenters. The van der Waals surface area contributed by atoms with Gasteiger partial charge in [0.2, 0.25) is 0 Å². The van der Waals surface area contributed by atoms with Crippen molar-refractivity contribution in [2.45, 2.75) is 26.4 Å². The molecule has 0 saturated carbocycles. The van der Waals surface area contributed by atoms with Crippen molar-refractivity contribution in [3.8, 4) is 5.75 Å². The molecule has 2 rings (SSSR count). The van der Waals surface area contributed by atoms with E-state index in [1.54, 1.807) is 7.11 Å². The van der Waals surface area contributed by atoms with Gasteiger partial charge in [0.15, 0.2) is 0 Å². The van der Waals surface area contributed by atoms with E-state index in [-0.39, 0.29) is 11.5 Å². The monoisotopic (exact) mass is 250 g/mol. The van der Waals surface area contributed by atoms with Crippen LogP contribution in [0.5, 0.6) is 5.75 Å². The minimum absolute atomic E-state index is 0.101. The second-order valence-electron chi connectivity index (χ2n) is 5.68. The summed E-state index contributed by atoms with van der Waals surface area (Å²) in [5, 5.41) is 9.98. The predicted molar refractivity (Wildman–Crippen MR) is 74.0 cm³/mol. The maximum absolute atomic E-state index is 9.98. The maximum Gasteiger partial charge on any atom is 0.122 e. The zero-order chi connectivity index (χ0) is 13.3.